The van der Waals surface area contributed by atoms with Crippen LogP contribution in [0.1, 0.15) is 20.8 Å². The van der Waals surface area contributed by atoms with Crippen LogP contribution >= 0.6 is 46.8 Å². The van der Waals surface area contributed by atoms with Gasteiger partial charge >= 0.3 is 5.97 Å². The smallest absolute Gasteiger partial charge is 0.325 e. The van der Waals surface area contributed by atoms with Crippen molar-refractivity contribution in [1.29, 1.82) is 0 Å². The van der Waals surface area contributed by atoms with E-state index >= 15 is 0 Å². The van der Waals surface area contributed by atoms with Gasteiger partial charge in [-0.15, -0.1) is 29.8 Å². The van der Waals surface area contributed by atoms with Gasteiger partial charge in [0.05, 0.1) is 5.75 Å². The first-order chi connectivity index (χ1) is 9.32. The number of hydrogen-bond acceptors (Lipinski definition) is 7. The van der Waals surface area contributed by atoms with Gasteiger partial charge in [-0.1, -0.05) is 19.8 Å². The molecule has 0 heterocycles. The fraction of sp³-hybridized carbons (Fsp3) is 0.769. The minimum Gasteiger partial charge on any atom is -0.446 e. The third kappa shape index (κ3) is 6.44. The van der Waals surface area contributed by atoms with Gasteiger partial charge < -0.3 is 10.5 Å². The lowest BCUT2D eigenvalue weighted by Gasteiger charge is -2.36. The van der Waals surface area contributed by atoms with Crippen LogP contribution in [0.5, 0.6) is 0 Å². The Morgan fingerprint density at radius 2 is 2.15 bits per heavy atom. The molecule has 0 fully saturated rings. The molecule has 0 aromatic rings. The maximum Gasteiger partial charge on any atom is 0.325 e. The number of thiol groups is 2. The van der Waals surface area contributed by atoms with Crippen LogP contribution in [0.2, 0.25) is 0 Å². The van der Waals surface area contributed by atoms with E-state index in [1.54, 1.807) is 0 Å². The molecule has 4 atom stereocenters. The van der Waals surface area contributed by atoms with Gasteiger partial charge in [-0.2, -0.15) is 12.6 Å². The summed E-state index contributed by atoms with van der Waals surface area (Å²) in [6.45, 7) is 5.95. The topological polar surface area (TPSA) is 52.3 Å². The SMILES string of the molecule is C#CCSCC(N)C(=O)OC(C)(SS)[C@@H](C)C(C)CS. The Hall–Kier alpha value is 0.390. The monoisotopic (exact) mass is 353 g/mol. The molecule has 0 amide bonds. The summed E-state index contributed by atoms with van der Waals surface area (Å²) < 4.78 is 5.59. The van der Waals surface area contributed by atoms with E-state index in [0.29, 0.717) is 23.2 Å². The second-order valence-corrected chi connectivity index (χ2v) is 7.74. The first-order valence-corrected chi connectivity index (χ1v) is 9.91. The second kappa shape index (κ2) is 10.2. The predicted molar refractivity (Wildman–Crippen MR) is 97.4 cm³/mol. The third-order valence-electron chi connectivity index (χ3n) is 3.24. The maximum absolute atomic E-state index is 12.0. The van der Waals surface area contributed by atoms with Gasteiger partial charge in [0.1, 0.15) is 6.04 Å². The average molecular weight is 354 g/mol. The van der Waals surface area contributed by atoms with Crippen molar-refractivity contribution in [3.63, 3.8) is 0 Å². The highest BCUT2D eigenvalue weighted by Crippen LogP contribution is 2.40. The van der Waals surface area contributed by atoms with E-state index in [9.17, 15) is 4.79 Å². The van der Waals surface area contributed by atoms with Gasteiger partial charge in [-0.3, -0.25) is 4.79 Å². The summed E-state index contributed by atoms with van der Waals surface area (Å²) >= 11 is 9.98. The molecule has 0 saturated heterocycles. The van der Waals surface area contributed by atoms with Crippen molar-refractivity contribution in [2.24, 2.45) is 17.6 Å². The van der Waals surface area contributed by atoms with E-state index in [2.05, 4.69) is 37.1 Å². The molecule has 0 aliphatic heterocycles. The summed E-state index contributed by atoms with van der Waals surface area (Å²) in [6, 6.07) is -0.674. The predicted octanol–water partition coefficient (Wildman–Crippen LogP) is 2.72. The molecule has 7 heteroatoms. The zero-order chi connectivity index (χ0) is 15.8. The van der Waals surface area contributed by atoms with Crippen molar-refractivity contribution in [2.75, 3.05) is 17.3 Å². The van der Waals surface area contributed by atoms with Crippen LogP contribution in [0.3, 0.4) is 0 Å². The number of terminal acetylenes is 1. The van der Waals surface area contributed by atoms with Crippen LogP contribution < -0.4 is 5.73 Å². The molecule has 20 heavy (non-hydrogen) atoms. The highest BCUT2D eigenvalue weighted by atomic mass is 33.1. The first-order valence-electron chi connectivity index (χ1n) is 6.25. The van der Waals surface area contributed by atoms with E-state index in [1.807, 2.05) is 13.8 Å². The Morgan fingerprint density at radius 3 is 2.60 bits per heavy atom. The van der Waals surface area contributed by atoms with E-state index < -0.39 is 16.9 Å². The van der Waals surface area contributed by atoms with E-state index in [0.717, 1.165) is 0 Å². The summed E-state index contributed by atoms with van der Waals surface area (Å²) in [5.41, 5.74) is 5.82. The quantitative estimate of drug-likeness (QED) is 0.149. The Kier molecular flexibility index (Phi) is 10.4. The Bertz CT molecular complexity index is 348. The molecule has 0 radical (unpaired) electrons. The molecule has 3 nitrogen and oxygen atoms in total. The third-order valence-corrected chi connectivity index (χ3v) is 6.69. The minimum atomic E-state index is -0.725. The first kappa shape index (κ1) is 20.4. The van der Waals surface area contributed by atoms with Crippen LogP contribution in [0.4, 0.5) is 0 Å². The number of esters is 1. The highest BCUT2D eigenvalue weighted by molar-refractivity contribution is 8.69. The van der Waals surface area contributed by atoms with E-state index in [1.165, 1.54) is 22.6 Å². The molecule has 0 saturated carbocycles. The summed E-state index contributed by atoms with van der Waals surface area (Å²) in [6.07, 6.45) is 5.15. The second-order valence-electron chi connectivity index (χ2n) is 4.80. The van der Waals surface area contributed by atoms with Crippen molar-refractivity contribution in [2.45, 2.75) is 31.7 Å². The molecule has 0 aliphatic carbocycles. The molecule has 116 valence electrons. The van der Waals surface area contributed by atoms with Gasteiger partial charge in [0.15, 0.2) is 4.93 Å². The summed E-state index contributed by atoms with van der Waals surface area (Å²) in [5.74, 6) is 4.18. The Balaban J connectivity index is 4.61. The lowest BCUT2D eigenvalue weighted by molar-refractivity contribution is -0.155. The van der Waals surface area contributed by atoms with Gasteiger partial charge in [-0.25, -0.2) is 0 Å². The number of ether oxygens (including phenoxy) is 1. The normalized spacial score (nSPS) is 18.4. The highest BCUT2D eigenvalue weighted by Gasteiger charge is 2.38. The van der Waals surface area contributed by atoms with Crippen LogP contribution in [0.15, 0.2) is 0 Å². The van der Waals surface area contributed by atoms with Crippen LogP contribution in [0.25, 0.3) is 0 Å². The van der Waals surface area contributed by atoms with E-state index in [4.69, 9.17) is 16.9 Å². The zero-order valence-electron chi connectivity index (χ0n) is 12.0. The molecule has 0 aromatic carbocycles. The summed E-state index contributed by atoms with van der Waals surface area (Å²) in [4.78, 5) is 11.3. The van der Waals surface area contributed by atoms with Gasteiger partial charge in [0.2, 0.25) is 0 Å². The Labute approximate surface area is 141 Å². The Morgan fingerprint density at radius 1 is 1.55 bits per heavy atom. The molecule has 0 bridgehead atoms. The van der Waals surface area contributed by atoms with Crippen molar-refractivity contribution in [1.82, 2.24) is 0 Å². The number of carbonyl (C=O) groups is 1. The van der Waals surface area contributed by atoms with Gasteiger partial charge in [-0.05, 0) is 29.4 Å². The lowest BCUT2D eigenvalue weighted by Crippen LogP contribution is -2.44. The average Bonchev–Trinajstić information content (AvgIpc) is 2.45. The van der Waals surface area contributed by atoms with Crippen LogP contribution in [0, 0.1) is 24.2 Å². The molecule has 0 aliphatic rings. The van der Waals surface area contributed by atoms with Crippen molar-refractivity contribution < 1.29 is 9.53 Å². The van der Waals surface area contributed by atoms with Gasteiger partial charge in [0.25, 0.3) is 0 Å². The van der Waals surface area contributed by atoms with Gasteiger partial charge in [0, 0.05) is 11.7 Å². The van der Waals surface area contributed by atoms with Crippen LogP contribution in [-0.4, -0.2) is 34.2 Å². The van der Waals surface area contributed by atoms with Crippen molar-refractivity contribution >= 4 is 52.8 Å². The molecule has 0 aromatic heterocycles. The lowest BCUT2D eigenvalue weighted by atomic mass is 9.92. The summed E-state index contributed by atoms with van der Waals surface area (Å²) in [5, 5.41) is 0. The molecular weight excluding hydrogens is 330 g/mol. The number of hydrogen-bond donors (Lipinski definition) is 3. The summed E-state index contributed by atoms with van der Waals surface area (Å²) in [7, 11) is 1.22. The molecule has 0 spiro atoms. The molecule has 3 unspecified atom stereocenters. The standard InChI is InChI=1S/C13H23NO2S4/c1-5-6-19-8-11(14)12(15)16-13(4,20-18)10(3)9(2)7-17/h1,9-11,17-18H,6-8,14H2,2-4H3/t9?,10-,11?,13?/m0/s1. The fourth-order valence-corrected chi connectivity index (χ4v) is 3.53. The number of carbonyl (C=O) groups excluding carboxylic acids is 1. The minimum absolute atomic E-state index is 0.108. The molecule has 2 N–H and O–H groups in total. The fourth-order valence-electron chi connectivity index (χ4n) is 1.46. The number of rotatable bonds is 9. The van der Waals surface area contributed by atoms with Crippen molar-refractivity contribution in [3.8, 4) is 12.3 Å². The largest absolute Gasteiger partial charge is 0.446 e. The number of thioether (sulfide) groups is 1. The van der Waals surface area contributed by atoms with Crippen molar-refractivity contribution in [3.05, 3.63) is 0 Å². The number of nitrogens with two attached hydrogens (primary N) is 1. The maximum atomic E-state index is 12.0. The molecule has 0 rings (SSSR count). The van der Waals surface area contributed by atoms with E-state index in [-0.39, 0.29) is 5.92 Å². The molecular formula is C13H23NO2S4. The van der Waals surface area contributed by atoms with Crippen LogP contribution in [-0.2, 0) is 9.53 Å². The zero-order valence-corrected chi connectivity index (χ0v) is 15.5.